The third-order valence-electron chi connectivity index (χ3n) is 6.15. The molecule has 0 unspecified atom stereocenters. The topological polar surface area (TPSA) is 76.4 Å². The average molecular weight is 469 g/mol. The minimum absolute atomic E-state index is 0.225. The molecule has 1 radical (unpaired) electrons. The van der Waals surface area contributed by atoms with Crippen LogP contribution >= 0.6 is 0 Å². The van der Waals surface area contributed by atoms with Crippen LogP contribution in [0.4, 0.5) is 18.9 Å². The average Bonchev–Trinajstić information content (AvgIpc) is 3.55. The van der Waals surface area contributed by atoms with Crippen molar-refractivity contribution < 1.29 is 27.2 Å². The van der Waals surface area contributed by atoms with Gasteiger partial charge in [-0.05, 0) is 48.7 Å². The maximum Gasteiger partial charge on any atom is 0.573 e. The van der Waals surface area contributed by atoms with Gasteiger partial charge in [0.1, 0.15) is 5.75 Å². The molecule has 2 aromatic carbocycles. The van der Waals surface area contributed by atoms with Gasteiger partial charge in [0.15, 0.2) is 0 Å². The lowest BCUT2D eigenvalue weighted by Crippen LogP contribution is -2.36. The molecule has 0 atom stereocenters. The zero-order valence-corrected chi connectivity index (χ0v) is 18.0. The number of hydrogen-bond acceptors (Lipinski definition) is 6. The quantitative estimate of drug-likeness (QED) is 0.447. The van der Waals surface area contributed by atoms with Gasteiger partial charge in [0.05, 0.1) is 24.5 Å². The Morgan fingerprint density at radius 2 is 1.91 bits per heavy atom. The SMILES string of the molecule is FC(F)(F)Oc1ccc(-c2nc(-c3ccc4[nH]c5c(c4c3)CC[CH]5)no2)c(N2CCOCC2)c1. The number of ether oxygens (including phenoxy) is 2. The van der Waals surface area contributed by atoms with E-state index < -0.39 is 6.36 Å². The number of benzene rings is 2. The molecule has 0 bridgehead atoms. The van der Waals surface area contributed by atoms with Crippen molar-refractivity contribution in [1.82, 2.24) is 15.1 Å². The lowest BCUT2D eigenvalue weighted by molar-refractivity contribution is -0.274. The van der Waals surface area contributed by atoms with Crippen LogP contribution in [0.15, 0.2) is 40.9 Å². The smallest absolute Gasteiger partial charge is 0.406 e. The number of aryl methyl sites for hydroxylation is 1. The van der Waals surface area contributed by atoms with Crippen molar-refractivity contribution in [3.05, 3.63) is 54.1 Å². The van der Waals surface area contributed by atoms with Crippen LogP contribution in [-0.2, 0) is 11.2 Å². The molecule has 1 aliphatic heterocycles. The molecule has 7 nitrogen and oxygen atoms in total. The van der Waals surface area contributed by atoms with Crippen molar-refractivity contribution in [2.75, 3.05) is 31.2 Å². The summed E-state index contributed by atoms with van der Waals surface area (Å²) in [5, 5.41) is 5.29. The molecule has 175 valence electrons. The fourth-order valence-electron chi connectivity index (χ4n) is 4.62. The molecule has 34 heavy (non-hydrogen) atoms. The van der Waals surface area contributed by atoms with Crippen molar-refractivity contribution in [2.45, 2.75) is 19.2 Å². The number of anilines is 1. The Morgan fingerprint density at radius 1 is 1.06 bits per heavy atom. The fraction of sp³-hybridized carbons (Fsp3) is 0.292. The number of aromatic nitrogens is 3. The number of halogens is 3. The number of hydrogen-bond donors (Lipinski definition) is 1. The van der Waals surface area contributed by atoms with Crippen LogP contribution in [0.5, 0.6) is 5.75 Å². The minimum atomic E-state index is -4.78. The van der Waals surface area contributed by atoms with Crippen LogP contribution in [0.25, 0.3) is 33.7 Å². The van der Waals surface area contributed by atoms with Gasteiger partial charge < -0.3 is 23.9 Å². The van der Waals surface area contributed by atoms with E-state index in [4.69, 9.17) is 9.26 Å². The van der Waals surface area contributed by atoms with Crippen LogP contribution < -0.4 is 9.64 Å². The molecular weight excluding hydrogens is 449 g/mol. The van der Waals surface area contributed by atoms with Gasteiger partial charge in [-0.25, -0.2) is 0 Å². The summed E-state index contributed by atoms with van der Waals surface area (Å²) in [7, 11) is 0. The maximum absolute atomic E-state index is 12.8. The van der Waals surface area contributed by atoms with Crippen molar-refractivity contribution in [1.29, 1.82) is 0 Å². The van der Waals surface area contributed by atoms with Crippen molar-refractivity contribution in [3.63, 3.8) is 0 Å². The Labute approximate surface area is 192 Å². The van der Waals surface area contributed by atoms with Crippen molar-refractivity contribution in [2.24, 2.45) is 0 Å². The van der Waals surface area contributed by atoms with Crippen molar-refractivity contribution >= 4 is 16.6 Å². The molecular formula is C24H20F3N4O3. The Balaban J connectivity index is 1.37. The Morgan fingerprint density at radius 3 is 2.74 bits per heavy atom. The Bertz CT molecular complexity index is 1360. The van der Waals surface area contributed by atoms with E-state index in [0.29, 0.717) is 43.4 Å². The summed E-state index contributed by atoms with van der Waals surface area (Å²) >= 11 is 0. The first kappa shape index (κ1) is 21.0. The lowest BCUT2D eigenvalue weighted by atomic mass is 10.1. The molecule has 1 N–H and O–H groups in total. The summed E-state index contributed by atoms with van der Waals surface area (Å²) in [6.45, 7) is 1.99. The van der Waals surface area contributed by atoms with E-state index in [9.17, 15) is 13.2 Å². The van der Waals surface area contributed by atoms with E-state index in [0.717, 1.165) is 35.0 Å². The number of nitrogens with one attached hydrogen (secondary N) is 1. The van der Waals surface area contributed by atoms with E-state index in [2.05, 4.69) is 26.3 Å². The minimum Gasteiger partial charge on any atom is -0.406 e. The maximum atomic E-state index is 12.8. The summed E-state index contributed by atoms with van der Waals surface area (Å²) in [5.74, 6) is 0.334. The third kappa shape index (κ3) is 3.87. The number of nitrogens with zero attached hydrogens (tertiary/aromatic N) is 3. The first-order chi connectivity index (χ1) is 16.4. The summed E-state index contributed by atoms with van der Waals surface area (Å²) in [4.78, 5) is 9.93. The number of H-pyrrole nitrogens is 1. The largest absolute Gasteiger partial charge is 0.573 e. The van der Waals surface area contributed by atoms with Crippen molar-refractivity contribution in [3.8, 4) is 28.6 Å². The number of aromatic amines is 1. The molecule has 10 heteroatoms. The fourth-order valence-corrected chi connectivity index (χ4v) is 4.62. The summed E-state index contributed by atoms with van der Waals surface area (Å²) in [6.07, 6.45) is -0.575. The predicted octanol–water partition coefficient (Wildman–Crippen LogP) is 5.12. The van der Waals surface area contributed by atoms with Crippen LogP contribution in [0.2, 0.25) is 0 Å². The number of alkyl halides is 3. The number of fused-ring (bicyclic) bond motifs is 3. The van der Waals surface area contributed by atoms with Crippen LogP contribution in [0.3, 0.4) is 0 Å². The second kappa shape index (κ2) is 8.05. The van der Waals surface area contributed by atoms with E-state index >= 15 is 0 Å². The van der Waals surface area contributed by atoms with Gasteiger partial charge in [0.2, 0.25) is 5.82 Å². The molecule has 1 aliphatic carbocycles. The van der Waals surface area contributed by atoms with E-state index in [-0.39, 0.29) is 11.6 Å². The standard InChI is InChI=1S/C24H20F3N4O3/c25-24(26,27)33-15-5-6-17(21(13-15)31-8-10-32-11-9-31)23-29-22(30-34-23)14-4-7-20-18(12-14)16-2-1-3-19(16)28-20/h3-7,12-13,28H,1-2,8-11H2. The van der Waals surface area contributed by atoms with Gasteiger partial charge in [0.25, 0.3) is 5.89 Å². The summed E-state index contributed by atoms with van der Waals surface area (Å²) < 4.78 is 53.5. The highest BCUT2D eigenvalue weighted by atomic mass is 19.4. The highest BCUT2D eigenvalue weighted by molar-refractivity contribution is 5.89. The number of morpholine rings is 1. The van der Waals surface area contributed by atoms with E-state index in [1.54, 1.807) is 0 Å². The molecule has 3 heterocycles. The zero-order chi connectivity index (χ0) is 23.3. The predicted molar refractivity (Wildman–Crippen MR) is 118 cm³/mol. The molecule has 2 aliphatic rings. The first-order valence-electron chi connectivity index (χ1n) is 11.0. The van der Waals surface area contributed by atoms with Gasteiger partial charge in [-0.2, -0.15) is 4.98 Å². The molecule has 1 saturated heterocycles. The molecule has 0 amide bonds. The zero-order valence-electron chi connectivity index (χ0n) is 18.0. The monoisotopic (exact) mass is 469 g/mol. The molecule has 6 rings (SSSR count). The third-order valence-corrected chi connectivity index (χ3v) is 6.15. The van der Waals surface area contributed by atoms with Crippen LogP contribution in [-0.4, -0.2) is 47.8 Å². The molecule has 1 fully saturated rings. The van der Waals surface area contributed by atoms with Gasteiger partial charge in [-0.1, -0.05) is 5.16 Å². The first-order valence-corrected chi connectivity index (χ1v) is 11.0. The molecule has 0 spiro atoms. The molecule has 4 aromatic rings. The summed E-state index contributed by atoms with van der Waals surface area (Å²) in [6, 6.07) is 10.1. The van der Waals surface area contributed by atoms with Crippen LogP contribution in [0, 0.1) is 6.42 Å². The van der Waals surface area contributed by atoms with Crippen LogP contribution in [0.1, 0.15) is 17.7 Å². The number of rotatable bonds is 4. The molecule has 0 saturated carbocycles. The van der Waals surface area contributed by atoms with E-state index in [1.165, 1.54) is 23.8 Å². The normalized spacial score (nSPS) is 16.3. The molecule has 2 aromatic heterocycles. The lowest BCUT2D eigenvalue weighted by Gasteiger charge is -2.30. The van der Waals surface area contributed by atoms with Gasteiger partial charge in [-0.3, -0.25) is 0 Å². The van der Waals surface area contributed by atoms with Gasteiger partial charge in [-0.15, -0.1) is 13.2 Å². The van der Waals surface area contributed by atoms with E-state index in [1.807, 2.05) is 23.1 Å². The Kier molecular flexibility index (Phi) is 4.98. The van der Waals surface area contributed by atoms with Gasteiger partial charge in [0, 0.05) is 47.7 Å². The second-order valence-electron chi connectivity index (χ2n) is 8.27. The highest BCUT2D eigenvalue weighted by Crippen LogP contribution is 2.37. The highest BCUT2D eigenvalue weighted by Gasteiger charge is 2.32. The van der Waals surface area contributed by atoms with Gasteiger partial charge >= 0.3 is 6.36 Å². The Hall–Kier alpha value is -3.53. The summed E-state index contributed by atoms with van der Waals surface area (Å²) in [5.41, 5.74) is 5.38. The second-order valence-corrected chi connectivity index (χ2v) is 8.27.